The predicted molar refractivity (Wildman–Crippen MR) is 83.2 cm³/mol. The molecule has 0 saturated heterocycles. The van der Waals surface area contributed by atoms with Crippen molar-refractivity contribution in [2.24, 2.45) is 0 Å². The largest absolute Gasteiger partial charge is 0.229 e. The number of benzene rings is 1. The standard InChI is InChI=1S/C14H20Cl2O2S/c1-3-19(17,18)8-7-14(10-15,11-16)13-6-4-5-12(2)9-13/h4-6,9H,3,7-8,10-11H2,1-2H3. The highest BCUT2D eigenvalue weighted by Crippen LogP contribution is 2.32. The molecule has 1 rings (SSSR count). The normalized spacial score (nSPS) is 12.6. The van der Waals surface area contributed by atoms with Gasteiger partial charge in [-0.2, -0.15) is 0 Å². The van der Waals surface area contributed by atoms with Crippen molar-refractivity contribution in [1.29, 1.82) is 0 Å². The Hall–Kier alpha value is -0.250. The molecule has 0 aliphatic heterocycles. The van der Waals surface area contributed by atoms with Crippen molar-refractivity contribution in [2.45, 2.75) is 25.7 Å². The molecule has 0 atom stereocenters. The van der Waals surface area contributed by atoms with Crippen LogP contribution in [0.2, 0.25) is 0 Å². The number of hydrogen-bond acceptors (Lipinski definition) is 2. The van der Waals surface area contributed by atoms with Gasteiger partial charge in [-0.25, -0.2) is 8.42 Å². The minimum absolute atomic E-state index is 0.122. The van der Waals surface area contributed by atoms with Gasteiger partial charge in [-0.15, -0.1) is 23.2 Å². The second kappa shape index (κ2) is 6.96. The molecule has 0 unspecified atom stereocenters. The summed E-state index contributed by atoms with van der Waals surface area (Å²) in [6.07, 6.45) is 0.458. The zero-order chi connectivity index (χ0) is 14.5. The highest BCUT2D eigenvalue weighted by atomic mass is 35.5. The quantitative estimate of drug-likeness (QED) is 0.719. The molecular weight excluding hydrogens is 303 g/mol. The summed E-state index contributed by atoms with van der Waals surface area (Å²) in [6.45, 7) is 3.66. The summed E-state index contributed by atoms with van der Waals surface area (Å²) in [6, 6.07) is 7.95. The van der Waals surface area contributed by atoms with Gasteiger partial charge in [-0.1, -0.05) is 36.8 Å². The maximum Gasteiger partial charge on any atom is 0.150 e. The molecule has 0 fully saturated rings. The van der Waals surface area contributed by atoms with Gasteiger partial charge in [0.1, 0.15) is 9.84 Å². The third kappa shape index (κ3) is 4.37. The Morgan fingerprint density at radius 1 is 1.21 bits per heavy atom. The van der Waals surface area contributed by atoms with Crippen LogP contribution in [0.15, 0.2) is 24.3 Å². The van der Waals surface area contributed by atoms with Crippen molar-refractivity contribution in [1.82, 2.24) is 0 Å². The average molecular weight is 323 g/mol. The molecule has 0 heterocycles. The number of rotatable bonds is 7. The van der Waals surface area contributed by atoms with Crippen LogP contribution in [0, 0.1) is 6.92 Å². The summed E-state index contributed by atoms with van der Waals surface area (Å²) in [4.78, 5) is 0. The first-order valence-corrected chi connectivity index (χ1v) is 9.17. The number of aryl methyl sites for hydroxylation is 1. The first-order chi connectivity index (χ1) is 8.89. The molecule has 0 aliphatic rings. The SMILES string of the molecule is CCS(=O)(=O)CCC(CCl)(CCl)c1cccc(C)c1. The zero-order valence-electron chi connectivity index (χ0n) is 11.3. The fraction of sp³-hybridized carbons (Fsp3) is 0.571. The topological polar surface area (TPSA) is 34.1 Å². The van der Waals surface area contributed by atoms with Gasteiger partial charge in [0.2, 0.25) is 0 Å². The van der Waals surface area contributed by atoms with Gasteiger partial charge in [0.05, 0.1) is 5.75 Å². The molecule has 0 N–H and O–H groups in total. The molecule has 0 radical (unpaired) electrons. The fourth-order valence-electron chi connectivity index (χ4n) is 1.94. The molecule has 108 valence electrons. The second-order valence-electron chi connectivity index (χ2n) is 4.90. The smallest absolute Gasteiger partial charge is 0.150 e. The van der Waals surface area contributed by atoms with Crippen molar-refractivity contribution in [3.8, 4) is 0 Å². The summed E-state index contributed by atoms with van der Waals surface area (Å²) in [5.74, 6) is 0.913. The molecule has 1 aromatic carbocycles. The highest BCUT2D eigenvalue weighted by Gasteiger charge is 2.32. The Labute approximate surface area is 126 Å². The van der Waals surface area contributed by atoms with Gasteiger partial charge in [0.15, 0.2) is 0 Å². The molecule has 0 aliphatic carbocycles. The van der Waals surface area contributed by atoms with E-state index in [1.165, 1.54) is 0 Å². The van der Waals surface area contributed by atoms with Crippen LogP contribution in [0.5, 0.6) is 0 Å². The molecule has 0 bridgehead atoms. The summed E-state index contributed by atoms with van der Waals surface area (Å²) in [5.41, 5.74) is 1.66. The third-order valence-electron chi connectivity index (χ3n) is 3.47. The minimum Gasteiger partial charge on any atom is -0.229 e. The Morgan fingerprint density at radius 3 is 2.32 bits per heavy atom. The summed E-state index contributed by atoms with van der Waals surface area (Å²) in [7, 11) is -3.01. The summed E-state index contributed by atoms with van der Waals surface area (Å²) < 4.78 is 23.4. The van der Waals surface area contributed by atoms with Crippen molar-refractivity contribution in [3.05, 3.63) is 35.4 Å². The lowest BCUT2D eigenvalue weighted by Crippen LogP contribution is -2.33. The van der Waals surface area contributed by atoms with Crippen molar-refractivity contribution >= 4 is 33.0 Å². The Bertz CT molecular complexity index is 508. The highest BCUT2D eigenvalue weighted by molar-refractivity contribution is 7.91. The minimum atomic E-state index is -3.01. The number of alkyl halides is 2. The van der Waals surface area contributed by atoms with E-state index >= 15 is 0 Å². The van der Waals surface area contributed by atoms with Crippen molar-refractivity contribution in [3.63, 3.8) is 0 Å². The average Bonchev–Trinajstić information content (AvgIpc) is 2.41. The first kappa shape index (κ1) is 16.8. The van der Waals surface area contributed by atoms with Crippen LogP contribution in [-0.4, -0.2) is 31.7 Å². The van der Waals surface area contributed by atoms with Gasteiger partial charge < -0.3 is 0 Å². The van der Waals surface area contributed by atoms with Gasteiger partial charge >= 0.3 is 0 Å². The molecule has 2 nitrogen and oxygen atoms in total. The van der Waals surface area contributed by atoms with E-state index in [-0.39, 0.29) is 11.5 Å². The molecule has 0 saturated carbocycles. The Morgan fingerprint density at radius 2 is 1.84 bits per heavy atom. The van der Waals surface area contributed by atoms with Gasteiger partial charge in [-0.05, 0) is 18.9 Å². The van der Waals surface area contributed by atoms with Crippen LogP contribution in [0.1, 0.15) is 24.5 Å². The first-order valence-electron chi connectivity index (χ1n) is 6.28. The lowest BCUT2D eigenvalue weighted by Gasteiger charge is -2.30. The molecule has 0 aromatic heterocycles. The second-order valence-corrected chi connectivity index (χ2v) is 7.91. The van der Waals surface area contributed by atoms with E-state index in [1.807, 2.05) is 31.2 Å². The van der Waals surface area contributed by atoms with Crippen LogP contribution < -0.4 is 0 Å². The lowest BCUT2D eigenvalue weighted by molar-refractivity contribution is 0.511. The number of halogens is 2. The molecule has 0 amide bonds. The van der Waals surface area contributed by atoms with Crippen LogP contribution >= 0.6 is 23.2 Å². The van der Waals surface area contributed by atoms with Gasteiger partial charge in [0.25, 0.3) is 0 Å². The van der Waals surface area contributed by atoms with Crippen LogP contribution in [-0.2, 0) is 15.3 Å². The summed E-state index contributed by atoms with van der Waals surface area (Å²) >= 11 is 12.2. The van der Waals surface area contributed by atoms with E-state index in [2.05, 4.69) is 0 Å². The van der Waals surface area contributed by atoms with E-state index in [1.54, 1.807) is 6.92 Å². The molecule has 5 heteroatoms. The van der Waals surface area contributed by atoms with E-state index in [0.717, 1.165) is 11.1 Å². The number of sulfone groups is 1. The third-order valence-corrected chi connectivity index (χ3v) is 6.20. The van der Waals surface area contributed by atoms with E-state index in [4.69, 9.17) is 23.2 Å². The van der Waals surface area contributed by atoms with E-state index in [9.17, 15) is 8.42 Å². The fourth-order valence-corrected chi connectivity index (χ4v) is 3.79. The Kier molecular flexibility index (Phi) is 6.15. The zero-order valence-corrected chi connectivity index (χ0v) is 13.7. The predicted octanol–water partition coefficient (Wildman–Crippen LogP) is 3.54. The summed E-state index contributed by atoms with van der Waals surface area (Å²) in [5, 5.41) is 0. The maximum atomic E-state index is 11.7. The molecular formula is C14H20Cl2O2S. The lowest BCUT2D eigenvalue weighted by atomic mass is 9.81. The molecule has 1 aromatic rings. The van der Waals surface area contributed by atoms with Gasteiger partial charge in [0, 0.05) is 22.9 Å². The maximum absolute atomic E-state index is 11.7. The van der Waals surface area contributed by atoms with E-state index in [0.29, 0.717) is 18.2 Å². The van der Waals surface area contributed by atoms with E-state index < -0.39 is 15.3 Å². The molecule has 19 heavy (non-hydrogen) atoms. The van der Waals surface area contributed by atoms with Crippen LogP contribution in [0.25, 0.3) is 0 Å². The Balaban J connectivity index is 3.04. The van der Waals surface area contributed by atoms with Crippen molar-refractivity contribution in [2.75, 3.05) is 23.3 Å². The number of hydrogen-bond donors (Lipinski definition) is 0. The van der Waals surface area contributed by atoms with Crippen LogP contribution in [0.4, 0.5) is 0 Å². The monoisotopic (exact) mass is 322 g/mol. The van der Waals surface area contributed by atoms with Gasteiger partial charge in [-0.3, -0.25) is 0 Å². The molecule has 0 spiro atoms. The van der Waals surface area contributed by atoms with Crippen molar-refractivity contribution < 1.29 is 8.42 Å². The van der Waals surface area contributed by atoms with Crippen LogP contribution in [0.3, 0.4) is 0 Å².